The molecule has 1 aromatic carbocycles. The Morgan fingerprint density at radius 2 is 2.22 bits per heavy atom. The molecule has 1 aliphatic heterocycles. The summed E-state index contributed by atoms with van der Waals surface area (Å²) in [6.45, 7) is 1.60. The maximum Gasteiger partial charge on any atom is 0.312 e. The first kappa shape index (κ1) is 12.6. The van der Waals surface area contributed by atoms with Crippen LogP contribution in [0.4, 0.5) is 0 Å². The number of morpholine rings is 1. The third-order valence-corrected chi connectivity index (χ3v) is 2.80. The number of hydrogen-bond acceptors (Lipinski definition) is 3. The molecular weight excluding hydrogens is 232 g/mol. The van der Waals surface area contributed by atoms with Crippen molar-refractivity contribution in [2.75, 3.05) is 19.7 Å². The van der Waals surface area contributed by atoms with Crippen LogP contribution in [-0.2, 0) is 20.9 Å². The maximum atomic E-state index is 11.8. The van der Waals surface area contributed by atoms with Crippen LogP contribution >= 0.6 is 0 Å². The lowest BCUT2D eigenvalue weighted by molar-refractivity contribution is -0.136. The molecule has 18 heavy (non-hydrogen) atoms. The number of nitrogens with zero attached hydrogens (tertiary/aromatic N) is 1. The average molecular weight is 247 g/mol. The number of amides is 2. The molecule has 1 atom stereocenters. The van der Waals surface area contributed by atoms with Crippen LogP contribution in [0, 0.1) is 0 Å². The monoisotopic (exact) mass is 247 g/mol. The van der Waals surface area contributed by atoms with Crippen molar-refractivity contribution in [3.05, 3.63) is 35.9 Å². The first-order valence-electron chi connectivity index (χ1n) is 5.85. The molecule has 0 aromatic heterocycles. The molecule has 1 aromatic rings. The lowest BCUT2D eigenvalue weighted by Gasteiger charge is -2.28. The number of rotatable bonds is 4. The Morgan fingerprint density at radius 3 is 2.94 bits per heavy atom. The summed E-state index contributed by atoms with van der Waals surface area (Å²) in [5.41, 5.74) is 1.03. The highest BCUT2D eigenvalue weighted by molar-refractivity contribution is 5.81. The summed E-state index contributed by atoms with van der Waals surface area (Å²) in [6, 6.07) is 9.64. The Morgan fingerprint density at radius 1 is 1.44 bits per heavy atom. The molecule has 1 fully saturated rings. The first-order chi connectivity index (χ1) is 8.79. The fourth-order valence-corrected chi connectivity index (χ4v) is 1.79. The van der Waals surface area contributed by atoms with Gasteiger partial charge in [-0.15, -0.1) is 0 Å². The van der Waals surface area contributed by atoms with E-state index in [-0.39, 0.29) is 12.5 Å². The predicted octanol–water partition coefficient (Wildman–Crippen LogP) is 0.0708. The van der Waals surface area contributed by atoms with Gasteiger partial charge in [-0.25, -0.2) is 0 Å². The van der Waals surface area contributed by atoms with Crippen LogP contribution in [0.25, 0.3) is 0 Å². The van der Waals surface area contributed by atoms with Gasteiger partial charge in [-0.05, 0) is 5.56 Å². The van der Waals surface area contributed by atoms with E-state index in [1.165, 1.54) is 4.90 Å². The van der Waals surface area contributed by atoms with Gasteiger partial charge in [0.25, 0.3) is 5.91 Å². The number of hydrogen-bond donors (Lipinski definition) is 1. The van der Waals surface area contributed by atoms with Crippen LogP contribution in [0.3, 0.4) is 0 Å². The van der Waals surface area contributed by atoms with Gasteiger partial charge >= 0.3 is 6.41 Å². The molecule has 95 valence electrons. The van der Waals surface area contributed by atoms with E-state index in [1.807, 2.05) is 30.3 Å². The normalized spacial score (nSPS) is 19.3. The first-order valence-corrected chi connectivity index (χ1v) is 5.85. The minimum atomic E-state index is -0.594. The van der Waals surface area contributed by atoms with E-state index >= 15 is 0 Å². The summed E-state index contributed by atoms with van der Waals surface area (Å²) < 4.78 is 5.33. The Hall–Kier alpha value is -1.88. The molecule has 0 aliphatic carbocycles. The van der Waals surface area contributed by atoms with Crippen LogP contribution < -0.4 is 5.32 Å². The highest BCUT2D eigenvalue weighted by Crippen LogP contribution is 2.04. The average Bonchev–Trinajstić information content (AvgIpc) is 2.46. The number of ether oxygens (including phenoxy) is 1. The Balaban J connectivity index is 1.82. The molecule has 2 rings (SSSR count). The second-order valence-electron chi connectivity index (χ2n) is 4.10. The van der Waals surface area contributed by atoms with Crippen LogP contribution in [0.5, 0.6) is 0 Å². The summed E-state index contributed by atoms with van der Waals surface area (Å²) in [4.78, 5) is 23.8. The lowest BCUT2D eigenvalue weighted by Crippen LogP contribution is -2.49. The van der Waals surface area contributed by atoms with Gasteiger partial charge in [0.15, 0.2) is 6.10 Å². The Kier molecular flexibility index (Phi) is 4.30. The fourth-order valence-electron chi connectivity index (χ4n) is 1.79. The molecule has 1 heterocycles. The molecule has 5 heteroatoms. The van der Waals surface area contributed by atoms with Crippen LogP contribution in [-0.4, -0.2) is 43.0 Å². The van der Waals surface area contributed by atoms with Crippen molar-refractivity contribution in [3.8, 4) is 0 Å². The van der Waals surface area contributed by atoms with Crippen LogP contribution in [0.1, 0.15) is 5.56 Å². The number of carbonyl (C=O) groups is 1. The molecule has 1 unspecified atom stereocenters. The SMILES string of the molecule is O=[C]N1CCOC(C(=O)NCc2ccccc2)C1. The van der Waals surface area contributed by atoms with Gasteiger partial charge in [-0.1, -0.05) is 30.3 Å². The van der Waals surface area contributed by atoms with Crippen molar-refractivity contribution >= 4 is 12.3 Å². The van der Waals surface area contributed by atoms with Crippen molar-refractivity contribution in [3.63, 3.8) is 0 Å². The van der Waals surface area contributed by atoms with Gasteiger partial charge in [-0.2, -0.15) is 0 Å². The number of carbonyl (C=O) groups excluding carboxylic acids is 2. The summed E-state index contributed by atoms with van der Waals surface area (Å²) in [7, 11) is 0. The number of benzene rings is 1. The van der Waals surface area contributed by atoms with E-state index < -0.39 is 6.10 Å². The van der Waals surface area contributed by atoms with E-state index in [2.05, 4.69) is 5.32 Å². The minimum Gasteiger partial charge on any atom is -0.365 e. The second-order valence-corrected chi connectivity index (χ2v) is 4.10. The fraction of sp³-hybridized carbons (Fsp3) is 0.385. The predicted molar refractivity (Wildman–Crippen MR) is 65.3 cm³/mol. The molecule has 1 N–H and O–H groups in total. The highest BCUT2D eigenvalue weighted by Gasteiger charge is 2.25. The molecular formula is C13H15N2O3. The molecule has 1 radical (unpaired) electrons. The third kappa shape index (κ3) is 3.30. The van der Waals surface area contributed by atoms with Crippen molar-refractivity contribution in [1.82, 2.24) is 10.2 Å². The van der Waals surface area contributed by atoms with Gasteiger partial charge in [0.05, 0.1) is 13.2 Å². The molecule has 0 bridgehead atoms. The molecule has 2 amide bonds. The zero-order chi connectivity index (χ0) is 12.8. The zero-order valence-electron chi connectivity index (χ0n) is 9.96. The largest absolute Gasteiger partial charge is 0.365 e. The molecule has 5 nitrogen and oxygen atoms in total. The van der Waals surface area contributed by atoms with Crippen molar-refractivity contribution in [2.45, 2.75) is 12.6 Å². The van der Waals surface area contributed by atoms with Gasteiger partial charge < -0.3 is 15.0 Å². The summed E-state index contributed by atoms with van der Waals surface area (Å²) in [6.07, 6.45) is 1.19. The molecule has 0 spiro atoms. The molecule has 1 saturated heterocycles. The standard InChI is InChI=1S/C13H15N2O3/c16-10-15-6-7-18-12(9-15)13(17)14-8-11-4-2-1-3-5-11/h1-5,12H,6-9H2,(H,14,17). The summed E-state index contributed by atoms with van der Waals surface area (Å²) in [5.74, 6) is -0.196. The number of nitrogens with one attached hydrogen (secondary N) is 1. The quantitative estimate of drug-likeness (QED) is 0.819. The van der Waals surface area contributed by atoms with Crippen molar-refractivity contribution in [2.24, 2.45) is 0 Å². The second kappa shape index (κ2) is 6.16. The van der Waals surface area contributed by atoms with E-state index in [0.717, 1.165) is 5.56 Å². The summed E-state index contributed by atoms with van der Waals surface area (Å²) in [5, 5.41) is 2.79. The van der Waals surface area contributed by atoms with Crippen LogP contribution in [0.15, 0.2) is 30.3 Å². The van der Waals surface area contributed by atoms with E-state index in [4.69, 9.17) is 4.74 Å². The molecule has 1 aliphatic rings. The van der Waals surface area contributed by atoms with E-state index in [0.29, 0.717) is 19.7 Å². The van der Waals surface area contributed by atoms with E-state index in [9.17, 15) is 9.59 Å². The van der Waals surface area contributed by atoms with Crippen LogP contribution in [0.2, 0.25) is 0 Å². The topological polar surface area (TPSA) is 58.6 Å². The maximum absolute atomic E-state index is 11.8. The smallest absolute Gasteiger partial charge is 0.312 e. The minimum absolute atomic E-state index is 0.196. The highest BCUT2D eigenvalue weighted by atomic mass is 16.5. The van der Waals surface area contributed by atoms with Crippen molar-refractivity contribution < 1.29 is 14.3 Å². The summed E-state index contributed by atoms with van der Waals surface area (Å²) >= 11 is 0. The third-order valence-electron chi connectivity index (χ3n) is 2.80. The Labute approximate surface area is 106 Å². The van der Waals surface area contributed by atoms with Gasteiger partial charge in [0, 0.05) is 13.1 Å². The zero-order valence-corrected chi connectivity index (χ0v) is 9.96. The Bertz CT molecular complexity index is 408. The van der Waals surface area contributed by atoms with Gasteiger partial charge in [-0.3, -0.25) is 9.59 Å². The molecule has 0 saturated carbocycles. The van der Waals surface area contributed by atoms with E-state index in [1.54, 1.807) is 6.41 Å². The van der Waals surface area contributed by atoms with Crippen molar-refractivity contribution in [1.29, 1.82) is 0 Å². The van der Waals surface area contributed by atoms with Gasteiger partial charge in [0.1, 0.15) is 0 Å². The van der Waals surface area contributed by atoms with Gasteiger partial charge in [0.2, 0.25) is 0 Å². The lowest BCUT2D eigenvalue weighted by atomic mass is 10.2.